The standard InChI is InChI=1S/C21H21ClN4O2S2/c22-17-8-6-15(7-9-17)13-29-11-10-23-21(28)26-25-19(27)12-20-24-18(14-30-20)16-4-2-1-3-5-16/h1-9,14H,10-13H2,(H,25,27)(H2,23,26,28). The van der Waals surface area contributed by atoms with E-state index in [2.05, 4.69) is 21.2 Å². The Morgan fingerprint density at radius 1 is 1.03 bits per heavy atom. The lowest BCUT2D eigenvalue weighted by atomic mass is 10.2. The summed E-state index contributed by atoms with van der Waals surface area (Å²) in [6, 6.07) is 17.0. The number of benzene rings is 2. The molecule has 2 aromatic carbocycles. The zero-order valence-electron chi connectivity index (χ0n) is 16.1. The average Bonchev–Trinajstić information content (AvgIpc) is 3.22. The molecular formula is C21H21ClN4O2S2. The van der Waals surface area contributed by atoms with Crippen LogP contribution in [0.4, 0.5) is 4.79 Å². The Hall–Kier alpha value is -2.55. The number of thiazole rings is 1. The van der Waals surface area contributed by atoms with E-state index < -0.39 is 6.03 Å². The van der Waals surface area contributed by atoms with Gasteiger partial charge in [0.05, 0.1) is 12.1 Å². The van der Waals surface area contributed by atoms with Gasteiger partial charge in [0.25, 0.3) is 0 Å². The first kappa shape index (κ1) is 22.1. The molecule has 6 nitrogen and oxygen atoms in total. The second kappa shape index (κ2) is 11.6. The molecule has 0 bridgehead atoms. The molecule has 30 heavy (non-hydrogen) atoms. The van der Waals surface area contributed by atoms with Gasteiger partial charge >= 0.3 is 6.03 Å². The smallest absolute Gasteiger partial charge is 0.333 e. The van der Waals surface area contributed by atoms with Crippen LogP contribution in [0.5, 0.6) is 0 Å². The molecule has 9 heteroatoms. The quantitative estimate of drug-likeness (QED) is 0.346. The van der Waals surface area contributed by atoms with Crippen molar-refractivity contribution in [2.45, 2.75) is 12.2 Å². The summed E-state index contributed by atoms with van der Waals surface area (Å²) in [5.41, 5.74) is 7.78. The predicted octanol–water partition coefficient (Wildman–Crippen LogP) is 4.27. The van der Waals surface area contributed by atoms with Gasteiger partial charge in [-0.1, -0.05) is 54.1 Å². The van der Waals surface area contributed by atoms with Crippen LogP contribution < -0.4 is 16.2 Å². The Labute approximate surface area is 188 Å². The molecule has 0 aliphatic rings. The van der Waals surface area contributed by atoms with Crippen LogP contribution in [-0.4, -0.2) is 29.2 Å². The maximum Gasteiger partial charge on any atom is 0.333 e. The predicted molar refractivity (Wildman–Crippen MR) is 124 cm³/mol. The zero-order chi connectivity index (χ0) is 21.2. The second-order valence-electron chi connectivity index (χ2n) is 6.28. The molecule has 3 amide bonds. The fraction of sp³-hybridized carbons (Fsp3) is 0.190. The maximum absolute atomic E-state index is 12.0. The highest BCUT2D eigenvalue weighted by atomic mass is 35.5. The van der Waals surface area contributed by atoms with E-state index in [1.54, 1.807) is 11.8 Å². The molecular weight excluding hydrogens is 440 g/mol. The molecule has 156 valence electrons. The summed E-state index contributed by atoms with van der Waals surface area (Å²) in [5, 5.41) is 6.02. The lowest BCUT2D eigenvalue weighted by Gasteiger charge is -2.08. The number of nitrogens with one attached hydrogen (secondary N) is 3. The van der Waals surface area contributed by atoms with Gasteiger partial charge in [-0.05, 0) is 17.7 Å². The number of hydrogen-bond donors (Lipinski definition) is 3. The van der Waals surface area contributed by atoms with Crippen molar-refractivity contribution in [1.29, 1.82) is 0 Å². The minimum absolute atomic E-state index is 0.106. The minimum Gasteiger partial charge on any atom is -0.336 e. The van der Waals surface area contributed by atoms with Gasteiger partial charge in [-0.25, -0.2) is 15.2 Å². The van der Waals surface area contributed by atoms with Crippen molar-refractivity contribution in [2.24, 2.45) is 0 Å². The third kappa shape index (κ3) is 7.37. The monoisotopic (exact) mass is 460 g/mol. The van der Waals surface area contributed by atoms with Crippen LogP contribution in [0.2, 0.25) is 5.02 Å². The summed E-state index contributed by atoms with van der Waals surface area (Å²) in [4.78, 5) is 28.3. The molecule has 0 atom stereocenters. The summed E-state index contributed by atoms with van der Waals surface area (Å²) < 4.78 is 0. The number of rotatable bonds is 8. The molecule has 0 fully saturated rings. The molecule has 0 aliphatic heterocycles. The Bertz CT molecular complexity index is 965. The van der Waals surface area contributed by atoms with Crippen molar-refractivity contribution in [3.05, 3.63) is 75.6 Å². The first-order chi connectivity index (χ1) is 14.6. The van der Waals surface area contributed by atoms with Gasteiger partial charge in [0.15, 0.2) is 0 Å². The van der Waals surface area contributed by atoms with E-state index in [0.29, 0.717) is 11.6 Å². The molecule has 1 heterocycles. The molecule has 0 saturated carbocycles. The number of carbonyl (C=O) groups excluding carboxylic acids is 2. The highest BCUT2D eigenvalue weighted by Crippen LogP contribution is 2.21. The summed E-state index contributed by atoms with van der Waals surface area (Å²) >= 11 is 8.98. The van der Waals surface area contributed by atoms with Crippen LogP contribution in [0.1, 0.15) is 10.6 Å². The number of urea groups is 1. The number of carbonyl (C=O) groups is 2. The third-order valence-corrected chi connectivity index (χ3v) is 6.09. The zero-order valence-corrected chi connectivity index (χ0v) is 18.4. The van der Waals surface area contributed by atoms with Crippen molar-refractivity contribution in [3.8, 4) is 11.3 Å². The first-order valence-corrected chi connectivity index (χ1v) is 11.7. The van der Waals surface area contributed by atoms with E-state index in [4.69, 9.17) is 11.6 Å². The van der Waals surface area contributed by atoms with E-state index in [9.17, 15) is 9.59 Å². The molecule has 0 saturated heterocycles. The van der Waals surface area contributed by atoms with Gasteiger partial charge in [-0.2, -0.15) is 11.8 Å². The van der Waals surface area contributed by atoms with Crippen LogP contribution in [0.15, 0.2) is 60.0 Å². The highest BCUT2D eigenvalue weighted by Gasteiger charge is 2.10. The first-order valence-electron chi connectivity index (χ1n) is 9.25. The fourth-order valence-electron chi connectivity index (χ4n) is 2.49. The van der Waals surface area contributed by atoms with Gasteiger partial charge in [-0.3, -0.25) is 10.2 Å². The van der Waals surface area contributed by atoms with E-state index in [1.807, 2.05) is 60.0 Å². The van der Waals surface area contributed by atoms with E-state index in [1.165, 1.54) is 16.9 Å². The van der Waals surface area contributed by atoms with Gasteiger partial charge in [0.1, 0.15) is 5.01 Å². The minimum atomic E-state index is -0.445. The summed E-state index contributed by atoms with van der Waals surface area (Å²) in [5.74, 6) is 1.28. The lowest BCUT2D eigenvalue weighted by molar-refractivity contribution is -0.121. The van der Waals surface area contributed by atoms with Crippen molar-refractivity contribution >= 4 is 46.6 Å². The van der Waals surface area contributed by atoms with E-state index >= 15 is 0 Å². The largest absolute Gasteiger partial charge is 0.336 e. The van der Waals surface area contributed by atoms with Crippen LogP contribution in [-0.2, 0) is 17.0 Å². The number of hydrogen-bond acceptors (Lipinski definition) is 5. The third-order valence-electron chi connectivity index (χ3n) is 3.96. The number of aromatic nitrogens is 1. The topological polar surface area (TPSA) is 83.1 Å². The van der Waals surface area contributed by atoms with Gasteiger partial charge in [-0.15, -0.1) is 11.3 Å². The Kier molecular flexibility index (Phi) is 8.55. The molecule has 3 rings (SSSR count). The van der Waals surface area contributed by atoms with Crippen molar-refractivity contribution in [2.75, 3.05) is 12.3 Å². The number of halogens is 1. The highest BCUT2D eigenvalue weighted by molar-refractivity contribution is 7.98. The van der Waals surface area contributed by atoms with Crippen molar-refractivity contribution < 1.29 is 9.59 Å². The molecule has 3 aromatic rings. The fourth-order valence-corrected chi connectivity index (χ4v) is 4.24. The number of amides is 3. The lowest BCUT2D eigenvalue weighted by Crippen LogP contribution is -2.47. The van der Waals surface area contributed by atoms with Crippen LogP contribution >= 0.6 is 34.7 Å². The number of thioether (sulfide) groups is 1. The molecule has 0 unspecified atom stereocenters. The second-order valence-corrected chi connectivity index (χ2v) is 8.76. The average molecular weight is 461 g/mol. The molecule has 0 aliphatic carbocycles. The number of nitrogens with zero attached hydrogens (tertiary/aromatic N) is 1. The summed E-state index contributed by atoms with van der Waals surface area (Å²) in [7, 11) is 0. The van der Waals surface area contributed by atoms with Crippen molar-refractivity contribution in [1.82, 2.24) is 21.2 Å². The normalized spacial score (nSPS) is 10.4. The molecule has 0 spiro atoms. The Balaban J connectivity index is 1.29. The molecule has 1 aromatic heterocycles. The summed E-state index contributed by atoms with van der Waals surface area (Å²) in [6.45, 7) is 0.493. The van der Waals surface area contributed by atoms with Gasteiger partial charge in [0.2, 0.25) is 5.91 Å². The van der Waals surface area contributed by atoms with Crippen LogP contribution in [0.25, 0.3) is 11.3 Å². The molecule has 3 N–H and O–H groups in total. The van der Waals surface area contributed by atoms with Gasteiger partial charge < -0.3 is 5.32 Å². The van der Waals surface area contributed by atoms with Crippen molar-refractivity contribution in [3.63, 3.8) is 0 Å². The van der Waals surface area contributed by atoms with Crippen LogP contribution in [0, 0.1) is 0 Å². The Morgan fingerprint density at radius 3 is 2.57 bits per heavy atom. The maximum atomic E-state index is 12.0. The SMILES string of the molecule is O=C(Cc1nc(-c2ccccc2)cs1)NNC(=O)NCCSCc1ccc(Cl)cc1. The Morgan fingerprint density at radius 2 is 1.80 bits per heavy atom. The van der Waals surface area contributed by atoms with E-state index in [0.717, 1.165) is 27.8 Å². The van der Waals surface area contributed by atoms with E-state index in [-0.39, 0.29) is 12.3 Å². The molecule has 0 radical (unpaired) electrons. The van der Waals surface area contributed by atoms with Crippen LogP contribution in [0.3, 0.4) is 0 Å². The number of hydrazine groups is 1. The summed E-state index contributed by atoms with van der Waals surface area (Å²) in [6.07, 6.45) is 0.106. The van der Waals surface area contributed by atoms with Gasteiger partial charge in [0, 0.05) is 34.0 Å².